The van der Waals surface area contributed by atoms with E-state index in [0.29, 0.717) is 0 Å². The Morgan fingerprint density at radius 3 is 2.16 bits per heavy atom. The number of hydrogen-bond acceptors (Lipinski definition) is 0. The van der Waals surface area contributed by atoms with Gasteiger partial charge in [0.15, 0.2) is 0 Å². The molecule has 0 saturated heterocycles. The predicted octanol–water partition coefficient (Wildman–Crippen LogP) is 12.7. The van der Waals surface area contributed by atoms with Crippen LogP contribution in [0.5, 0.6) is 0 Å². The minimum absolute atomic E-state index is 0.277. The van der Waals surface area contributed by atoms with Crippen molar-refractivity contribution >= 4 is 33.6 Å². The van der Waals surface area contributed by atoms with E-state index in [0.717, 1.165) is 23.1 Å². The van der Waals surface area contributed by atoms with Gasteiger partial charge >= 0.3 is 0 Å². The largest absolute Gasteiger partial charge is 0.0911 e. The van der Waals surface area contributed by atoms with Gasteiger partial charge in [0, 0.05) is 5.92 Å². The molecule has 0 heterocycles. The van der Waals surface area contributed by atoms with Gasteiger partial charge in [-0.25, -0.2) is 0 Å². The topological polar surface area (TPSA) is 0 Å². The van der Waals surface area contributed by atoms with Gasteiger partial charge in [-0.3, -0.25) is 0 Å². The average Bonchev–Trinajstić information content (AvgIpc) is 3.42. The zero-order valence-electron chi connectivity index (χ0n) is 28.4. The molecule has 0 saturated carbocycles. The molecule has 0 amide bonds. The first-order valence-corrected chi connectivity index (χ1v) is 17.9. The van der Waals surface area contributed by atoms with Crippen molar-refractivity contribution in [3.63, 3.8) is 0 Å². The lowest BCUT2D eigenvalue weighted by Gasteiger charge is -2.40. The standard InChI is InChI=1S/C51H36/c1-33(36-15-10-16-38-28-30-41(37-13-4-3-5-14-37)42-29-26-35(25-27-36)32-45(38)42)31-49-34(2)40-19-6-8-22-46(40)51(49)47-23-9-7-20-43(47)44-21-11-17-39-18-12-24-48(51)50(39)44/h3-25,27-32,41H,1-2,26H2/b15-10?,16-10?,27-25?,35-25?,36-15?,36-27?,38-16?,49-31+. The van der Waals surface area contributed by atoms with E-state index in [1.165, 1.54) is 77.6 Å². The first-order valence-electron chi connectivity index (χ1n) is 17.9. The van der Waals surface area contributed by atoms with Gasteiger partial charge in [-0.05, 0) is 107 Å². The number of benzene rings is 5. The maximum atomic E-state index is 4.79. The van der Waals surface area contributed by atoms with Crippen LogP contribution in [-0.4, -0.2) is 0 Å². The summed E-state index contributed by atoms with van der Waals surface area (Å²) in [5.41, 5.74) is 18.0. The van der Waals surface area contributed by atoms with Crippen molar-refractivity contribution in [3.05, 3.63) is 239 Å². The number of allylic oxidation sites excluding steroid dienone is 7. The van der Waals surface area contributed by atoms with Crippen LogP contribution in [0.4, 0.5) is 0 Å². The quantitative estimate of drug-likeness (QED) is 0.179. The number of fused-ring (bicyclic) bond motifs is 7. The fourth-order valence-electron chi connectivity index (χ4n) is 9.23. The Hall–Kier alpha value is -6.24. The summed E-state index contributed by atoms with van der Waals surface area (Å²) in [6, 6.07) is 55.7. The summed E-state index contributed by atoms with van der Waals surface area (Å²) in [4.78, 5) is 0. The highest BCUT2D eigenvalue weighted by atomic mass is 14.5. The fraction of sp³-hybridized carbons (Fsp3) is 0.0588. The van der Waals surface area contributed by atoms with Gasteiger partial charge in [0.1, 0.15) is 0 Å². The van der Waals surface area contributed by atoms with E-state index >= 15 is 0 Å². The first kappa shape index (κ1) is 29.7. The molecule has 2 atom stereocenters. The van der Waals surface area contributed by atoms with Crippen molar-refractivity contribution in [2.24, 2.45) is 0 Å². The third kappa shape index (κ3) is 4.33. The smallest absolute Gasteiger partial charge is 0.0725 e. The van der Waals surface area contributed by atoms with Crippen LogP contribution < -0.4 is 0 Å². The van der Waals surface area contributed by atoms with E-state index < -0.39 is 5.41 Å². The molecule has 2 unspecified atom stereocenters. The van der Waals surface area contributed by atoms with Gasteiger partial charge in [-0.15, -0.1) is 0 Å². The summed E-state index contributed by atoms with van der Waals surface area (Å²) in [5.74, 6) is 0.277. The molecule has 2 bridgehead atoms. The molecule has 0 aliphatic heterocycles. The first-order chi connectivity index (χ1) is 25.1. The van der Waals surface area contributed by atoms with Gasteiger partial charge in [-0.1, -0.05) is 183 Å². The van der Waals surface area contributed by atoms with Crippen molar-refractivity contribution in [1.29, 1.82) is 0 Å². The molecule has 4 aliphatic carbocycles. The predicted molar refractivity (Wildman–Crippen MR) is 216 cm³/mol. The Kier molecular flexibility index (Phi) is 6.63. The average molecular weight is 649 g/mol. The van der Waals surface area contributed by atoms with Gasteiger partial charge in [0.2, 0.25) is 0 Å². The molecule has 6 aromatic carbocycles. The van der Waals surface area contributed by atoms with Crippen molar-refractivity contribution in [2.45, 2.75) is 17.8 Å². The zero-order chi connectivity index (χ0) is 34.1. The Morgan fingerprint density at radius 1 is 0.627 bits per heavy atom. The molecular weight excluding hydrogens is 613 g/mol. The lowest BCUT2D eigenvalue weighted by atomic mass is 9.61. The van der Waals surface area contributed by atoms with Gasteiger partial charge in [-0.2, -0.15) is 0 Å². The van der Waals surface area contributed by atoms with E-state index in [2.05, 4.69) is 176 Å². The second-order valence-electron chi connectivity index (χ2n) is 14.1. The van der Waals surface area contributed by atoms with Crippen LogP contribution in [0.3, 0.4) is 0 Å². The van der Waals surface area contributed by atoms with E-state index in [1.54, 1.807) is 0 Å². The van der Waals surface area contributed by atoms with Crippen LogP contribution in [0.25, 0.3) is 44.7 Å². The van der Waals surface area contributed by atoms with Crippen LogP contribution in [-0.2, 0) is 11.8 Å². The van der Waals surface area contributed by atoms with Crippen molar-refractivity contribution in [3.8, 4) is 11.1 Å². The van der Waals surface area contributed by atoms with Crippen LogP contribution in [0, 0.1) is 0 Å². The van der Waals surface area contributed by atoms with E-state index in [1.807, 2.05) is 0 Å². The minimum Gasteiger partial charge on any atom is -0.0911 e. The Labute approximate surface area is 300 Å². The molecule has 0 aromatic heterocycles. The maximum Gasteiger partial charge on any atom is 0.0725 e. The molecular formula is C51H36. The summed E-state index contributed by atoms with van der Waals surface area (Å²) in [5, 5.41) is 2.57. The minimum atomic E-state index is -0.522. The molecule has 0 heteroatoms. The highest BCUT2D eigenvalue weighted by molar-refractivity contribution is 6.08. The zero-order valence-corrected chi connectivity index (χ0v) is 28.4. The van der Waals surface area contributed by atoms with Gasteiger partial charge < -0.3 is 0 Å². The lowest BCUT2D eigenvalue weighted by molar-refractivity contribution is 0.775. The van der Waals surface area contributed by atoms with Crippen molar-refractivity contribution < 1.29 is 0 Å². The molecule has 0 fully saturated rings. The Balaban J connectivity index is 1.15. The van der Waals surface area contributed by atoms with Crippen molar-refractivity contribution in [2.75, 3.05) is 0 Å². The highest BCUT2D eigenvalue weighted by Crippen LogP contribution is 2.62. The summed E-state index contributed by atoms with van der Waals surface area (Å²) >= 11 is 0. The summed E-state index contributed by atoms with van der Waals surface area (Å²) < 4.78 is 0. The molecule has 0 radical (unpaired) electrons. The monoisotopic (exact) mass is 648 g/mol. The van der Waals surface area contributed by atoms with Crippen LogP contribution in [0.2, 0.25) is 0 Å². The second kappa shape index (κ2) is 11.4. The summed E-state index contributed by atoms with van der Waals surface area (Å²) in [6.45, 7) is 9.54. The summed E-state index contributed by atoms with van der Waals surface area (Å²) in [7, 11) is 0. The Bertz CT molecular complexity index is 2640. The molecule has 0 N–H and O–H groups in total. The molecule has 6 aromatic rings. The summed E-state index contributed by atoms with van der Waals surface area (Å²) in [6.07, 6.45) is 10.3. The number of rotatable bonds is 3. The van der Waals surface area contributed by atoms with Gasteiger partial charge in [0.05, 0.1) is 5.41 Å². The molecule has 1 spiro atoms. The van der Waals surface area contributed by atoms with Gasteiger partial charge in [0.25, 0.3) is 0 Å². The molecule has 0 nitrogen and oxygen atoms in total. The third-order valence-electron chi connectivity index (χ3n) is 11.5. The lowest BCUT2D eigenvalue weighted by Crippen LogP contribution is -2.32. The normalized spacial score (nSPS) is 19.4. The molecule has 51 heavy (non-hydrogen) atoms. The third-order valence-corrected chi connectivity index (χ3v) is 11.5. The molecule has 10 rings (SSSR count). The van der Waals surface area contributed by atoms with Crippen molar-refractivity contribution in [1.82, 2.24) is 0 Å². The van der Waals surface area contributed by atoms with Crippen LogP contribution in [0.15, 0.2) is 189 Å². The molecule has 240 valence electrons. The second-order valence-corrected chi connectivity index (χ2v) is 14.1. The van der Waals surface area contributed by atoms with Crippen LogP contribution in [0.1, 0.15) is 56.0 Å². The number of hydrogen-bond donors (Lipinski definition) is 0. The SMILES string of the molecule is C=C(/C=C1\C(=C)c2ccccc2C12c1ccccc1-c1cccc3cccc2c13)c1cccc2c3cc(cc1)CC=C3C(c1ccccc1)C=C2. The van der Waals surface area contributed by atoms with E-state index in [9.17, 15) is 0 Å². The fourth-order valence-corrected chi connectivity index (χ4v) is 9.23. The van der Waals surface area contributed by atoms with Crippen LogP contribution >= 0.6 is 0 Å². The van der Waals surface area contributed by atoms with E-state index in [-0.39, 0.29) is 5.92 Å². The Morgan fingerprint density at radius 2 is 1.31 bits per heavy atom. The maximum absolute atomic E-state index is 4.79. The van der Waals surface area contributed by atoms with E-state index in [4.69, 9.17) is 13.2 Å². The highest BCUT2D eigenvalue weighted by Gasteiger charge is 2.51. The molecule has 4 aliphatic rings.